The van der Waals surface area contributed by atoms with Crippen LogP contribution in [-0.2, 0) is 11.8 Å². The van der Waals surface area contributed by atoms with E-state index < -0.39 is 0 Å². The Labute approximate surface area is 243 Å². The average Bonchev–Trinajstić information content (AvgIpc) is 3.71. The normalized spacial score (nSPS) is 19.5. The molecular weight excluding hydrogens is 510 g/mol. The van der Waals surface area contributed by atoms with Crippen molar-refractivity contribution in [2.24, 2.45) is 13.0 Å². The molecule has 0 radical (unpaired) electrons. The molecule has 3 aliphatic rings. The standard InChI is InChI=1S/C34H43N5O2/c1-24-7-8-29(21-32(24)36-33(40)28-15-17-38(18-16-28)31-5-3-4-6-31)34(41)39-19-13-27(14-20-39)25-9-11-26(12-10-25)30-22-35-37(2)23-30/h7-12,21-23,27-28,31H,3-6,13-20H2,1-2H3,(H,36,40). The monoisotopic (exact) mass is 553 g/mol. The lowest BCUT2D eigenvalue weighted by molar-refractivity contribution is -0.121. The molecule has 3 aromatic rings. The van der Waals surface area contributed by atoms with Crippen molar-refractivity contribution in [3.8, 4) is 11.1 Å². The van der Waals surface area contributed by atoms with Crippen LogP contribution in [-0.4, -0.2) is 63.6 Å². The minimum absolute atomic E-state index is 0.0452. The Morgan fingerprint density at radius 3 is 2.22 bits per heavy atom. The van der Waals surface area contributed by atoms with Gasteiger partial charge in [0, 0.05) is 55.1 Å². The number of nitrogens with zero attached hydrogens (tertiary/aromatic N) is 4. The van der Waals surface area contributed by atoms with E-state index in [2.05, 4.69) is 39.6 Å². The molecule has 0 spiro atoms. The van der Waals surface area contributed by atoms with E-state index in [4.69, 9.17) is 0 Å². The maximum absolute atomic E-state index is 13.5. The zero-order valence-electron chi connectivity index (χ0n) is 24.5. The van der Waals surface area contributed by atoms with E-state index in [1.54, 1.807) is 0 Å². The highest BCUT2D eigenvalue weighted by Crippen LogP contribution is 2.32. The van der Waals surface area contributed by atoms with Crippen molar-refractivity contribution in [3.05, 3.63) is 71.5 Å². The Hall–Kier alpha value is -3.45. The van der Waals surface area contributed by atoms with E-state index in [0.717, 1.165) is 74.7 Å². The minimum Gasteiger partial charge on any atom is -0.339 e. The molecule has 0 bridgehead atoms. The summed E-state index contributed by atoms with van der Waals surface area (Å²) >= 11 is 0. The molecule has 1 aromatic heterocycles. The number of aromatic nitrogens is 2. The van der Waals surface area contributed by atoms with E-state index in [0.29, 0.717) is 11.5 Å². The minimum atomic E-state index is 0.0452. The average molecular weight is 554 g/mol. The van der Waals surface area contributed by atoms with Gasteiger partial charge in [0.15, 0.2) is 0 Å². The van der Waals surface area contributed by atoms with Crippen molar-refractivity contribution >= 4 is 17.5 Å². The quantitative estimate of drug-likeness (QED) is 0.406. The number of amides is 2. The Morgan fingerprint density at radius 1 is 0.854 bits per heavy atom. The number of anilines is 1. The summed E-state index contributed by atoms with van der Waals surface area (Å²) in [6.45, 7) is 5.51. The summed E-state index contributed by atoms with van der Waals surface area (Å²) in [5.74, 6) is 0.647. The molecule has 216 valence electrons. The van der Waals surface area contributed by atoms with E-state index in [1.807, 2.05) is 54.1 Å². The number of rotatable bonds is 6. The number of hydrogen-bond donors (Lipinski definition) is 1. The molecule has 6 rings (SSSR count). The fourth-order valence-electron chi connectivity index (χ4n) is 7.04. The number of piperidine rings is 2. The second kappa shape index (κ2) is 12.2. The zero-order valence-corrected chi connectivity index (χ0v) is 24.5. The van der Waals surface area contributed by atoms with Gasteiger partial charge in [-0.1, -0.05) is 43.2 Å². The van der Waals surface area contributed by atoms with Crippen molar-refractivity contribution in [1.82, 2.24) is 19.6 Å². The lowest BCUT2D eigenvalue weighted by Crippen LogP contribution is -2.42. The molecule has 2 amide bonds. The lowest BCUT2D eigenvalue weighted by atomic mass is 9.88. The van der Waals surface area contributed by atoms with Gasteiger partial charge in [0.25, 0.3) is 5.91 Å². The van der Waals surface area contributed by atoms with Gasteiger partial charge < -0.3 is 15.1 Å². The second-order valence-electron chi connectivity index (χ2n) is 12.4. The number of likely N-dealkylation sites (tertiary alicyclic amines) is 2. The van der Waals surface area contributed by atoms with Gasteiger partial charge in [0.1, 0.15) is 0 Å². The van der Waals surface area contributed by atoms with E-state index >= 15 is 0 Å². The molecule has 1 N–H and O–H groups in total. The largest absolute Gasteiger partial charge is 0.339 e. The van der Waals surface area contributed by atoms with Gasteiger partial charge in [0.2, 0.25) is 5.91 Å². The first-order valence-electron chi connectivity index (χ1n) is 15.5. The number of carbonyl (C=O) groups excluding carboxylic acids is 2. The van der Waals surface area contributed by atoms with Gasteiger partial charge in [-0.2, -0.15) is 5.10 Å². The van der Waals surface area contributed by atoms with Crippen molar-refractivity contribution < 1.29 is 9.59 Å². The summed E-state index contributed by atoms with van der Waals surface area (Å²) in [6, 6.07) is 15.3. The van der Waals surface area contributed by atoms with Crippen LogP contribution in [0.3, 0.4) is 0 Å². The van der Waals surface area contributed by atoms with Gasteiger partial charge in [-0.05, 0) is 93.3 Å². The summed E-state index contributed by atoms with van der Waals surface area (Å²) in [5.41, 5.74) is 6.04. The highest BCUT2D eigenvalue weighted by atomic mass is 16.2. The van der Waals surface area contributed by atoms with Gasteiger partial charge in [-0.25, -0.2) is 0 Å². The smallest absolute Gasteiger partial charge is 0.253 e. The first kappa shape index (κ1) is 27.7. The molecular formula is C34H43N5O2. The number of hydrogen-bond acceptors (Lipinski definition) is 4. The highest BCUT2D eigenvalue weighted by Gasteiger charge is 2.30. The van der Waals surface area contributed by atoms with E-state index in [-0.39, 0.29) is 17.7 Å². The molecule has 41 heavy (non-hydrogen) atoms. The Bertz CT molecular complexity index is 1360. The number of benzene rings is 2. The van der Waals surface area contributed by atoms with Crippen LogP contribution in [0.4, 0.5) is 5.69 Å². The van der Waals surface area contributed by atoms with Crippen LogP contribution in [0.25, 0.3) is 11.1 Å². The van der Waals surface area contributed by atoms with Crippen molar-refractivity contribution in [3.63, 3.8) is 0 Å². The second-order valence-corrected chi connectivity index (χ2v) is 12.4. The Balaban J connectivity index is 1.02. The first-order chi connectivity index (χ1) is 19.9. The molecule has 2 saturated heterocycles. The van der Waals surface area contributed by atoms with E-state index in [9.17, 15) is 9.59 Å². The SMILES string of the molecule is Cc1ccc(C(=O)N2CCC(c3ccc(-c4cnn(C)c4)cc3)CC2)cc1NC(=O)C1CCN(C2CCCC2)CC1. The van der Waals surface area contributed by atoms with Gasteiger partial charge in [0.05, 0.1) is 6.20 Å². The topological polar surface area (TPSA) is 70.5 Å². The Morgan fingerprint density at radius 2 is 1.56 bits per heavy atom. The molecule has 1 aliphatic carbocycles. The van der Waals surface area contributed by atoms with E-state index in [1.165, 1.54) is 36.8 Å². The molecule has 2 aliphatic heterocycles. The fourth-order valence-corrected chi connectivity index (χ4v) is 7.04. The van der Waals surface area contributed by atoms with Crippen LogP contribution >= 0.6 is 0 Å². The van der Waals surface area contributed by atoms with Gasteiger partial charge in [-0.3, -0.25) is 14.3 Å². The highest BCUT2D eigenvalue weighted by molar-refractivity contribution is 5.98. The van der Waals surface area contributed by atoms with Crippen LogP contribution in [0, 0.1) is 12.8 Å². The summed E-state index contributed by atoms with van der Waals surface area (Å²) < 4.78 is 1.82. The zero-order chi connectivity index (χ0) is 28.3. The third kappa shape index (κ3) is 6.25. The van der Waals surface area contributed by atoms with Crippen LogP contribution in [0.15, 0.2) is 54.9 Å². The van der Waals surface area contributed by atoms with Crippen LogP contribution < -0.4 is 5.32 Å². The predicted molar refractivity (Wildman–Crippen MR) is 163 cm³/mol. The summed E-state index contributed by atoms with van der Waals surface area (Å²) in [7, 11) is 1.93. The predicted octanol–water partition coefficient (Wildman–Crippen LogP) is 6.01. The van der Waals surface area contributed by atoms with Crippen LogP contribution in [0.2, 0.25) is 0 Å². The molecule has 7 heteroatoms. The molecule has 0 unspecified atom stereocenters. The number of nitrogens with one attached hydrogen (secondary N) is 1. The molecule has 7 nitrogen and oxygen atoms in total. The van der Waals surface area contributed by atoms with Crippen molar-refractivity contribution in [2.75, 3.05) is 31.5 Å². The first-order valence-corrected chi connectivity index (χ1v) is 15.5. The molecule has 3 fully saturated rings. The van der Waals surface area contributed by atoms with Gasteiger partial charge in [-0.15, -0.1) is 0 Å². The third-order valence-corrected chi connectivity index (χ3v) is 9.69. The van der Waals surface area contributed by atoms with Gasteiger partial charge >= 0.3 is 0 Å². The fraction of sp³-hybridized carbons (Fsp3) is 0.500. The molecule has 0 atom stereocenters. The van der Waals surface area contributed by atoms with Crippen molar-refractivity contribution in [1.29, 1.82) is 0 Å². The molecule has 1 saturated carbocycles. The summed E-state index contributed by atoms with van der Waals surface area (Å²) in [6.07, 6.45) is 13.0. The lowest BCUT2D eigenvalue weighted by Gasteiger charge is -2.35. The third-order valence-electron chi connectivity index (χ3n) is 9.69. The van der Waals surface area contributed by atoms with Crippen LogP contribution in [0.5, 0.6) is 0 Å². The number of carbonyl (C=O) groups is 2. The van der Waals surface area contributed by atoms with Crippen LogP contribution in [0.1, 0.15) is 78.8 Å². The number of aryl methyl sites for hydroxylation is 2. The molecule has 3 heterocycles. The Kier molecular flexibility index (Phi) is 8.24. The summed E-state index contributed by atoms with van der Waals surface area (Å²) in [4.78, 5) is 31.2. The molecule has 2 aromatic carbocycles. The summed E-state index contributed by atoms with van der Waals surface area (Å²) in [5, 5.41) is 7.45. The maximum Gasteiger partial charge on any atom is 0.253 e. The van der Waals surface area contributed by atoms with Crippen molar-refractivity contribution in [2.45, 2.75) is 70.3 Å². The maximum atomic E-state index is 13.5.